The van der Waals surface area contributed by atoms with Crippen LogP contribution in [0.3, 0.4) is 0 Å². The smallest absolute Gasteiger partial charge is 0.269 e. The van der Waals surface area contributed by atoms with E-state index in [1.165, 1.54) is 12.1 Å². The number of benzene rings is 2. The van der Waals surface area contributed by atoms with E-state index in [9.17, 15) is 14.9 Å². The predicted molar refractivity (Wildman–Crippen MR) is 98.0 cm³/mol. The van der Waals surface area contributed by atoms with Gasteiger partial charge in [0.1, 0.15) is 0 Å². The Labute approximate surface area is 151 Å². The lowest BCUT2D eigenvalue weighted by atomic mass is 10.1. The predicted octanol–water partition coefficient (Wildman–Crippen LogP) is 2.61. The Morgan fingerprint density at radius 3 is 2.27 bits per heavy atom. The van der Waals surface area contributed by atoms with Gasteiger partial charge in [-0.05, 0) is 23.3 Å². The molecule has 26 heavy (non-hydrogen) atoms. The highest BCUT2D eigenvalue weighted by Crippen LogP contribution is 2.15. The number of nitro benzene ring substituents is 1. The number of nitrogens with zero attached hydrogens (tertiary/aromatic N) is 2. The number of nitro groups is 1. The Morgan fingerprint density at radius 2 is 1.65 bits per heavy atom. The number of hydrogen-bond donors (Lipinski definition) is 1. The van der Waals surface area contributed by atoms with Gasteiger partial charge in [-0.25, -0.2) is 0 Å². The minimum atomic E-state index is -0.409. The van der Waals surface area contributed by atoms with E-state index in [4.69, 9.17) is 4.74 Å². The molecule has 1 aliphatic heterocycles. The van der Waals surface area contributed by atoms with Crippen molar-refractivity contribution in [1.82, 2.24) is 4.90 Å². The Morgan fingerprint density at radius 1 is 1.04 bits per heavy atom. The van der Waals surface area contributed by atoms with Gasteiger partial charge in [0, 0.05) is 37.5 Å². The number of amides is 1. The summed E-state index contributed by atoms with van der Waals surface area (Å²) >= 11 is 0. The summed E-state index contributed by atoms with van der Waals surface area (Å²) in [4.78, 5) is 24.3. The van der Waals surface area contributed by atoms with Crippen LogP contribution in [0.25, 0.3) is 0 Å². The van der Waals surface area contributed by atoms with Crippen LogP contribution in [0, 0.1) is 10.1 Å². The molecule has 0 saturated carbocycles. The molecule has 0 atom stereocenters. The molecular formula is C19H21N3O4. The van der Waals surface area contributed by atoms with Gasteiger partial charge in [0.15, 0.2) is 0 Å². The van der Waals surface area contributed by atoms with Crippen molar-refractivity contribution in [3.8, 4) is 0 Å². The van der Waals surface area contributed by atoms with Crippen molar-refractivity contribution in [2.24, 2.45) is 0 Å². The van der Waals surface area contributed by atoms with E-state index >= 15 is 0 Å². The molecule has 1 fully saturated rings. The number of rotatable bonds is 6. The Kier molecular flexibility index (Phi) is 5.80. The van der Waals surface area contributed by atoms with Gasteiger partial charge in [-0.2, -0.15) is 0 Å². The van der Waals surface area contributed by atoms with Gasteiger partial charge in [-0.15, -0.1) is 0 Å². The highest BCUT2D eigenvalue weighted by molar-refractivity contribution is 5.79. The molecule has 1 aliphatic rings. The van der Waals surface area contributed by atoms with Gasteiger partial charge in [-0.1, -0.05) is 24.3 Å². The number of ether oxygens (including phenoxy) is 1. The van der Waals surface area contributed by atoms with Crippen molar-refractivity contribution in [2.45, 2.75) is 13.0 Å². The van der Waals surface area contributed by atoms with E-state index < -0.39 is 4.92 Å². The second-order valence-corrected chi connectivity index (χ2v) is 6.14. The second kappa shape index (κ2) is 8.44. The summed E-state index contributed by atoms with van der Waals surface area (Å²) in [5.41, 5.74) is 2.96. The van der Waals surface area contributed by atoms with Crippen LogP contribution >= 0.6 is 0 Å². The van der Waals surface area contributed by atoms with Gasteiger partial charge in [-0.3, -0.25) is 14.9 Å². The summed E-state index contributed by atoms with van der Waals surface area (Å²) in [6, 6.07) is 14.2. The highest BCUT2D eigenvalue weighted by atomic mass is 16.6. The molecule has 136 valence electrons. The third-order valence-corrected chi connectivity index (χ3v) is 4.32. The maximum atomic E-state index is 12.2. The standard InChI is InChI=1S/C19H21N3O4/c23-19(21-9-11-26-12-10-21)13-15-1-5-17(6-2-15)20-14-16-3-7-18(8-4-16)22(24)25/h1-8,20H,9-14H2. The molecular weight excluding hydrogens is 334 g/mol. The first-order valence-corrected chi connectivity index (χ1v) is 8.53. The zero-order valence-corrected chi connectivity index (χ0v) is 14.4. The van der Waals surface area contributed by atoms with Gasteiger partial charge in [0.2, 0.25) is 5.91 Å². The molecule has 1 saturated heterocycles. The minimum Gasteiger partial charge on any atom is -0.381 e. The van der Waals surface area contributed by atoms with Gasteiger partial charge in [0.05, 0.1) is 24.6 Å². The lowest BCUT2D eigenvalue weighted by molar-refractivity contribution is -0.384. The van der Waals surface area contributed by atoms with Crippen LogP contribution in [-0.2, 0) is 22.5 Å². The number of carbonyl (C=O) groups excluding carboxylic acids is 1. The SMILES string of the molecule is O=C(Cc1ccc(NCc2ccc([N+](=O)[O-])cc2)cc1)N1CCOCC1. The molecule has 0 aromatic heterocycles. The molecule has 1 heterocycles. The monoisotopic (exact) mass is 355 g/mol. The third-order valence-electron chi connectivity index (χ3n) is 4.32. The normalized spacial score (nSPS) is 14.1. The van der Waals surface area contributed by atoms with Gasteiger partial charge in [0.25, 0.3) is 5.69 Å². The summed E-state index contributed by atoms with van der Waals surface area (Å²) < 4.78 is 5.26. The maximum absolute atomic E-state index is 12.2. The average Bonchev–Trinajstić information content (AvgIpc) is 2.68. The van der Waals surface area contributed by atoms with Crippen LogP contribution in [0.1, 0.15) is 11.1 Å². The van der Waals surface area contributed by atoms with Crippen LogP contribution in [0.2, 0.25) is 0 Å². The molecule has 2 aromatic rings. The first-order valence-electron chi connectivity index (χ1n) is 8.53. The Hall–Kier alpha value is -2.93. The molecule has 1 N–H and O–H groups in total. The van der Waals surface area contributed by atoms with E-state index in [0.29, 0.717) is 39.3 Å². The lowest BCUT2D eigenvalue weighted by Gasteiger charge is -2.26. The van der Waals surface area contributed by atoms with Crippen LogP contribution in [-0.4, -0.2) is 42.0 Å². The zero-order valence-electron chi connectivity index (χ0n) is 14.4. The molecule has 0 bridgehead atoms. The zero-order chi connectivity index (χ0) is 18.4. The number of non-ortho nitro benzene ring substituents is 1. The molecule has 1 amide bonds. The number of anilines is 1. The summed E-state index contributed by atoms with van der Waals surface area (Å²) in [5, 5.41) is 13.9. The molecule has 0 radical (unpaired) electrons. The second-order valence-electron chi connectivity index (χ2n) is 6.14. The molecule has 7 nitrogen and oxygen atoms in total. The topological polar surface area (TPSA) is 84.7 Å². The molecule has 0 unspecified atom stereocenters. The summed E-state index contributed by atoms with van der Waals surface area (Å²) in [6.45, 7) is 3.11. The molecule has 0 spiro atoms. The number of hydrogen-bond acceptors (Lipinski definition) is 5. The van der Waals surface area contributed by atoms with Crippen molar-refractivity contribution in [3.05, 3.63) is 69.8 Å². The maximum Gasteiger partial charge on any atom is 0.269 e. The van der Waals surface area contributed by atoms with Crippen molar-refractivity contribution in [3.63, 3.8) is 0 Å². The molecule has 0 aliphatic carbocycles. The number of morpholine rings is 1. The fourth-order valence-corrected chi connectivity index (χ4v) is 2.78. The van der Waals surface area contributed by atoms with Gasteiger partial charge < -0.3 is 15.0 Å². The van der Waals surface area contributed by atoms with E-state index in [1.54, 1.807) is 12.1 Å². The van der Waals surface area contributed by atoms with E-state index in [-0.39, 0.29) is 11.6 Å². The highest BCUT2D eigenvalue weighted by Gasteiger charge is 2.16. The van der Waals surface area contributed by atoms with Crippen LogP contribution in [0.5, 0.6) is 0 Å². The van der Waals surface area contributed by atoms with Crippen molar-refractivity contribution in [2.75, 3.05) is 31.6 Å². The van der Waals surface area contributed by atoms with E-state index in [2.05, 4.69) is 5.32 Å². The number of nitrogens with one attached hydrogen (secondary N) is 1. The van der Waals surface area contributed by atoms with Crippen molar-refractivity contribution in [1.29, 1.82) is 0 Å². The fourth-order valence-electron chi connectivity index (χ4n) is 2.78. The van der Waals surface area contributed by atoms with Crippen LogP contribution in [0.4, 0.5) is 11.4 Å². The Balaban J connectivity index is 1.50. The van der Waals surface area contributed by atoms with Crippen LogP contribution in [0.15, 0.2) is 48.5 Å². The summed E-state index contributed by atoms with van der Waals surface area (Å²) in [7, 11) is 0. The summed E-state index contributed by atoms with van der Waals surface area (Å²) in [6.07, 6.45) is 0.392. The van der Waals surface area contributed by atoms with E-state index in [1.807, 2.05) is 29.2 Å². The molecule has 2 aromatic carbocycles. The van der Waals surface area contributed by atoms with E-state index in [0.717, 1.165) is 16.8 Å². The van der Waals surface area contributed by atoms with Crippen molar-refractivity contribution < 1.29 is 14.5 Å². The first-order chi connectivity index (χ1) is 12.6. The first kappa shape index (κ1) is 17.9. The van der Waals surface area contributed by atoms with Gasteiger partial charge >= 0.3 is 0 Å². The Bertz CT molecular complexity index is 753. The van der Waals surface area contributed by atoms with Crippen molar-refractivity contribution >= 4 is 17.3 Å². The largest absolute Gasteiger partial charge is 0.381 e. The summed E-state index contributed by atoms with van der Waals surface area (Å²) in [5.74, 6) is 0.125. The van der Waals surface area contributed by atoms with Crippen LogP contribution < -0.4 is 5.32 Å². The third kappa shape index (κ3) is 4.80. The number of carbonyl (C=O) groups is 1. The fraction of sp³-hybridized carbons (Fsp3) is 0.316. The lowest BCUT2D eigenvalue weighted by Crippen LogP contribution is -2.41. The quantitative estimate of drug-likeness (QED) is 0.636. The molecule has 3 rings (SSSR count). The average molecular weight is 355 g/mol. The molecule has 7 heteroatoms. The minimum absolute atomic E-state index is 0.0861.